The summed E-state index contributed by atoms with van der Waals surface area (Å²) in [6.07, 6.45) is 12.8. The second kappa shape index (κ2) is 6.93. The maximum atomic E-state index is 4.82. The molecule has 1 aromatic rings. The number of hydrogen-bond donors (Lipinski definition) is 1. The second-order valence-electron chi connectivity index (χ2n) is 6.93. The van der Waals surface area contributed by atoms with Gasteiger partial charge < -0.3 is 5.32 Å². The number of hydrogen-bond acceptors (Lipinski definition) is 3. The van der Waals surface area contributed by atoms with Crippen molar-refractivity contribution in [3.05, 3.63) is 18.0 Å². The van der Waals surface area contributed by atoms with Crippen molar-refractivity contribution in [1.29, 1.82) is 0 Å². The standard InChI is InChI=1S/C17H30N4/c1-18-14-7-9-16(10-8-14)20(2)13-15-11-12-21(19-15)17-5-3-4-6-17/h11-12,14,16-18H,3-10,13H2,1-2H3. The van der Waals surface area contributed by atoms with Crippen LogP contribution in [-0.4, -0.2) is 40.9 Å². The van der Waals surface area contributed by atoms with E-state index in [4.69, 9.17) is 5.10 Å². The summed E-state index contributed by atoms with van der Waals surface area (Å²) in [5, 5.41) is 8.23. The third kappa shape index (κ3) is 3.67. The summed E-state index contributed by atoms with van der Waals surface area (Å²) in [6.45, 7) is 0.995. The van der Waals surface area contributed by atoms with Crippen molar-refractivity contribution < 1.29 is 0 Å². The van der Waals surface area contributed by atoms with Crippen LogP contribution in [-0.2, 0) is 6.54 Å². The first-order chi connectivity index (χ1) is 10.3. The topological polar surface area (TPSA) is 33.1 Å². The molecule has 2 saturated carbocycles. The van der Waals surface area contributed by atoms with E-state index in [1.165, 1.54) is 57.1 Å². The molecule has 2 fully saturated rings. The summed E-state index contributed by atoms with van der Waals surface area (Å²) in [7, 11) is 4.35. The van der Waals surface area contributed by atoms with Crippen molar-refractivity contribution >= 4 is 0 Å². The van der Waals surface area contributed by atoms with Crippen LogP contribution in [0.15, 0.2) is 12.3 Å². The zero-order valence-electron chi connectivity index (χ0n) is 13.6. The van der Waals surface area contributed by atoms with Gasteiger partial charge in [-0.2, -0.15) is 5.10 Å². The molecule has 2 aliphatic rings. The average Bonchev–Trinajstić information content (AvgIpc) is 3.18. The molecule has 0 unspecified atom stereocenters. The molecule has 3 rings (SSSR count). The third-order valence-corrected chi connectivity index (χ3v) is 5.50. The molecule has 0 radical (unpaired) electrons. The minimum Gasteiger partial charge on any atom is -0.317 e. The fraction of sp³-hybridized carbons (Fsp3) is 0.824. The van der Waals surface area contributed by atoms with Crippen molar-refractivity contribution in [2.45, 2.75) is 76.0 Å². The molecule has 1 N–H and O–H groups in total. The number of nitrogens with one attached hydrogen (secondary N) is 1. The van der Waals surface area contributed by atoms with E-state index in [-0.39, 0.29) is 0 Å². The van der Waals surface area contributed by atoms with Gasteiger partial charge >= 0.3 is 0 Å². The lowest BCUT2D eigenvalue weighted by atomic mass is 9.90. The minimum atomic E-state index is 0.662. The maximum absolute atomic E-state index is 4.82. The SMILES string of the molecule is CNC1CCC(N(C)Cc2ccn(C3CCCC3)n2)CC1. The molecule has 21 heavy (non-hydrogen) atoms. The Labute approximate surface area is 128 Å². The van der Waals surface area contributed by atoms with E-state index in [1.807, 2.05) is 0 Å². The Balaban J connectivity index is 1.51. The predicted molar refractivity (Wildman–Crippen MR) is 86.3 cm³/mol. The Bertz CT molecular complexity index is 428. The van der Waals surface area contributed by atoms with Crippen LogP contribution < -0.4 is 5.32 Å². The molecule has 0 aliphatic heterocycles. The Morgan fingerprint density at radius 3 is 2.57 bits per heavy atom. The van der Waals surface area contributed by atoms with Crippen LogP contribution in [0, 0.1) is 0 Å². The first-order valence-corrected chi connectivity index (χ1v) is 8.68. The summed E-state index contributed by atoms with van der Waals surface area (Å²) in [5.74, 6) is 0. The van der Waals surface area contributed by atoms with Crippen molar-refractivity contribution in [2.24, 2.45) is 0 Å². The first kappa shape index (κ1) is 15.0. The lowest BCUT2D eigenvalue weighted by Gasteiger charge is -2.34. The van der Waals surface area contributed by atoms with E-state index in [9.17, 15) is 0 Å². The molecule has 0 amide bonds. The third-order valence-electron chi connectivity index (χ3n) is 5.50. The summed E-state index contributed by atoms with van der Waals surface area (Å²) in [4.78, 5) is 2.51. The van der Waals surface area contributed by atoms with E-state index in [2.05, 4.69) is 41.3 Å². The van der Waals surface area contributed by atoms with Crippen LogP contribution in [0.4, 0.5) is 0 Å². The predicted octanol–water partition coefficient (Wildman–Crippen LogP) is 2.96. The van der Waals surface area contributed by atoms with Crippen LogP contribution in [0.3, 0.4) is 0 Å². The van der Waals surface area contributed by atoms with Gasteiger partial charge in [-0.1, -0.05) is 12.8 Å². The van der Waals surface area contributed by atoms with Gasteiger partial charge in [-0.05, 0) is 58.7 Å². The Morgan fingerprint density at radius 2 is 1.90 bits per heavy atom. The van der Waals surface area contributed by atoms with Gasteiger partial charge in [0.1, 0.15) is 0 Å². The quantitative estimate of drug-likeness (QED) is 0.905. The molecule has 0 atom stereocenters. The Kier molecular flexibility index (Phi) is 4.96. The van der Waals surface area contributed by atoms with E-state index in [0.717, 1.165) is 18.6 Å². The lowest BCUT2D eigenvalue weighted by Crippen LogP contribution is -2.39. The van der Waals surface area contributed by atoms with Crippen molar-refractivity contribution in [3.63, 3.8) is 0 Å². The van der Waals surface area contributed by atoms with Gasteiger partial charge in [0, 0.05) is 24.8 Å². The van der Waals surface area contributed by atoms with Crippen LogP contribution in [0.5, 0.6) is 0 Å². The largest absolute Gasteiger partial charge is 0.317 e. The van der Waals surface area contributed by atoms with Crippen LogP contribution in [0.25, 0.3) is 0 Å². The zero-order chi connectivity index (χ0) is 14.7. The van der Waals surface area contributed by atoms with Crippen molar-refractivity contribution in [1.82, 2.24) is 20.0 Å². The molecular weight excluding hydrogens is 260 g/mol. The molecular formula is C17H30N4. The second-order valence-corrected chi connectivity index (χ2v) is 6.93. The molecule has 1 heterocycles. The molecule has 118 valence electrons. The van der Waals surface area contributed by atoms with Gasteiger partial charge in [-0.3, -0.25) is 9.58 Å². The van der Waals surface area contributed by atoms with Gasteiger partial charge in [0.25, 0.3) is 0 Å². The molecule has 4 nitrogen and oxygen atoms in total. The van der Waals surface area contributed by atoms with Crippen LogP contribution in [0.1, 0.15) is 63.1 Å². The molecule has 0 saturated heterocycles. The van der Waals surface area contributed by atoms with Gasteiger partial charge in [-0.25, -0.2) is 0 Å². The zero-order valence-corrected chi connectivity index (χ0v) is 13.6. The number of nitrogens with zero attached hydrogens (tertiary/aromatic N) is 3. The summed E-state index contributed by atoms with van der Waals surface area (Å²) >= 11 is 0. The highest BCUT2D eigenvalue weighted by Gasteiger charge is 2.24. The smallest absolute Gasteiger partial charge is 0.0764 e. The van der Waals surface area contributed by atoms with E-state index < -0.39 is 0 Å². The van der Waals surface area contributed by atoms with Gasteiger partial charge in [0.15, 0.2) is 0 Å². The highest BCUT2D eigenvalue weighted by atomic mass is 15.3. The van der Waals surface area contributed by atoms with Crippen molar-refractivity contribution in [2.75, 3.05) is 14.1 Å². The highest BCUT2D eigenvalue weighted by Crippen LogP contribution is 2.29. The van der Waals surface area contributed by atoms with E-state index in [0.29, 0.717) is 6.04 Å². The Hall–Kier alpha value is -0.870. The molecule has 4 heteroatoms. The first-order valence-electron chi connectivity index (χ1n) is 8.68. The van der Waals surface area contributed by atoms with E-state index in [1.54, 1.807) is 0 Å². The lowest BCUT2D eigenvalue weighted by molar-refractivity contribution is 0.168. The number of aromatic nitrogens is 2. The molecule has 1 aromatic heterocycles. The minimum absolute atomic E-state index is 0.662. The molecule has 0 spiro atoms. The van der Waals surface area contributed by atoms with Crippen LogP contribution >= 0.6 is 0 Å². The molecule has 0 bridgehead atoms. The van der Waals surface area contributed by atoms with Crippen LogP contribution in [0.2, 0.25) is 0 Å². The monoisotopic (exact) mass is 290 g/mol. The Morgan fingerprint density at radius 1 is 1.19 bits per heavy atom. The van der Waals surface area contributed by atoms with Gasteiger partial charge in [-0.15, -0.1) is 0 Å². The maximum Gasteiger partial charge on any atom is 0.0764 e. The summed E-state index contributed by atoms with van der Waals surface area (Å²) in [5.41, 5.74) is 1.24. The molecule has 2 aliphatic carbocycles. The fourth-order valence-corrected chi connectivity index (χ4v) is 4.02. The van der Waals surface area contributed by atoms with Gasteiger partial charge in [0.05, 0.1) is 11.7 Å². The summed E-state index contributed by atoms with van der Waals surface area (Å²) < 4.78 is 2.22. The molecule has 0 aromatic carbocycles. The number of rotatable bonds is 5. The van der Waals surface area contributed by atoms with E-state index >= 15 is 0 Å². The summed E-state index contributed by atoms with van der Waals surface area (Å²) in [6, 6.07) is 4.34. The average molecular weight is 290 g/mol. The van der Waals surface area contributed by atoms with Gasteiger partial charge in [0.2, 0.25) is 0 Å². The normalized spacial score (nSPS) is 27.6. The fourth-order valence-electron chi connectivity index (χ4n) is 4.02. The van der Waals surface area contributed by atoms with Crippen molar-refractivity contribution in [3.8, 4) is 0 Å². The highest BCUT2D eigenvalue weighted by molar-refractivity contribution is 5.00.